The van der Waals surface area contributed by atoms with E-state index < -0.39 is 11.3 Å². The Kier molecular flexibility index (Phi) is 3.97. The number of primary amides is 1. The average molecular weight is 317 g/mol. The fourth-order valence-corrected chi connectivity index (χ4v) is 3.98. The van der Waals surface area contributed by atoms with Crippen LogP contribution >= 0.6 is 11.3 Å². The fourth-order valence-electron chi connectivity index (χ4n) is 3.08. The largest absolute Gasteiger partial charge is 0.369 e. The van der Waals surface area contributed by atoms with Crippen LogP contribution in [0, 0.1) is 5.41 Å². The standard InChI is InChI=1S/C16H19N3O2S/c17-10-5-7-16(8-6-10,15(18)21)9-12(20)14-19-11-3-1-2-4-13(11)22-14/h1-4,10H,5-9,17H2,(H2,18,21). The molecule has 0 saturated heterocycles. The highest BCUT2D eigenvalue weighted by Crippen LogP contribution is 2.40. The minimum Gasteiger partial charge on any atom is -0.369 e. The molecule has 1 amide bonds. The van der Waals surface area contributed by atoms with Crippen LogP contribution in [-0.4, -0.2) is 22.7 Å². The van der Waals surface area contributed by atoms with Gasteiger partial charge in [0.25, 0.3) is 0 Å². The number of carbonyl (C=O) groups excluding carboxylic acids is 2. The first-order chi connectivity index (χ1) is 10.5. The maximum atomic E-state index is 12.6. The molecule has 0 aliphatic heterocycles. The number of ketones is 1. The van der Waals surface area contributed by atoms with Crippen molar-refractivity contribution in [1.29, 1.82) is 0 Å². The average Bonchev–Trinajstić information content (AvgIpc) is 2.93. The Hall–Kier alpha value is -1.79. The number of aromatic nitrogens is 1. The number of nitrogens with two attached hydrogens (primary N) is 2. The van der Waals surface area contributed by atoms with Crippen LogP contribution in [0.3, 0.4) is 0 Å². The molecule has 3 rings (SSSR count). The van der Waals surface area contributed by atoms with Crippen LogP contribution in [0.15, 0.2) is 24.3 Å². The summed E-state index contributed by atoms with van der Waals surface area (Å²) in [6, 6.07) is 7.73. The zero-order valence-electron chi connectivity index (χ0n) is 12.2. The monoisotopic (exact) mass is 317 g/mol. The molecule has 1 fully saturated rings. The van der Waals surface area contributed by atoms with Gasteiger partial charge in [-0.3, -0.25) is 9.59 Å². The van der Waals surface area contributed by atoms with E-state index in [1.807, 2.05) is 24.3 Å². The first-order valence-corrected chi connectivity index (χ1v) is 8.26. The molecule has 4 N–H and O–H groups in total. The van der Waals surface area contributed by atoms with E-state index in [0.29, 0.717) is 17.8 Å². The molecular formula is C16H19N3O2S. The van der Waals surface area contributed by atoms with Crippen molar-refractivity contribution in [3.05, 3.63) is 29.3 Å². The van der Waals surface area contributed by atoms with Crippen LogP contribution in [0.25, 0.3) is 10.2 Å². The van der Waals surface area contributed by atoms with E-state index in [9.17, 15) is 9.59 Å². The van der Waals surface area contributed by atoms with Crippen molar-refractivity contribution >= 4 is 33.2 Å². The minimum atomic E-state index is -0.759. The highest BCUT2D eigenvalue weighted by atomic mass is 32.1. The van der Waals surface area contributed by atoms with E-state index in [1.165, 1.54) is 11.3 Å². The molecule has 5 nitrogen and oxygen atoms in total. The summed E-state index contributed by atoms with van der Waals surface area (Å²) in [6.45, 7) is 0. The molecule has 0 unspecified atom stereocenters. The lowest BCUT2D eigenvalue weighted by Crippen LogP contribution is -2.44. The summed E-state index contributed by atoms with van der Waals surface area (Å²) < 4.78 is 0.977. The molecule has 1 heterocycles. The predicted molar refractivity (Wildman–Crippen MR) is 86.6 cm³/mol. The number of rotatable bonds is 4. The van der Waals surface area contributed by atoms with Crippen LogP contribution in [0.2, 0.25) is 0 Å². The summed E-state index contributed by atoms with van der Waals surface area (Å²) in [5, 5.41) is 0.455. The van der Waals surface area contributed by atoms with Gasteiger partial charge >= 0.3 is 0 Å². The maximum absolute atomic E-state index is 12.6. The highest BCUT2D eigenvalue weighted by Gasteiger charge is 2.42. The summed E-state index contributed by atoms with van der Waals surface area (Å²) in [5.41, 5.74) is 11.6. The van der Waals surface area contributed by atoms with E-state index in [4.69, 9.17) is 11.5 Å². The topological polar surface area (TPSA) is 99.1 Å². The van der Waals surface area contributed by atoms with Crippen molar-refractivity contribution in [2.24, 2.45) is 16.9 Å². The number of Topliss-reactive ketones (excluding diaryl/α,β-unsaturated/α-hetero) is 1. The van der Waals surface area contributed by atoms with Crippen LogP contribution in [0.4, 0.5) is 0 Å². The third kappa shape index (κ3) is 2.76. The summed E-state index contributed by atoms with van der Waals surface area (Å²) in [7, 11) is 0. The number of thiazole rings is 1. The summed E-state index contributed by atoms with van der Waals surface area (Å²) in [4.78, 5) is 28.9. The van der Waals surface area contributed by atoms with Gasteiger partial charge in [-0.05, 0) is 37.8 Å². The van der Waals surface area contributed by atoms with Gasteiger partial charge in [0.05, 0.1) is 15.6 Å². The second-order valence-corrected chi connectivity index (χ2v) is 7.10. The second-order valence-electron chi connectivity index (χ2n) is 6.07. The van der Waals surface area contributed by atoms with Crippen LogP contribution in [0.1, 0.15) is 41.9 Å². The number of hydrogen-bond acceptors (Lipinski definition) is 5. The molecule has 2 aromatic rings. The summed E-state index contributed by atoms with van der Waals surface area (Å²) >= 11 is 1.37. The number of nitrogens with zero attached hydrogens (tertiary/aromatic N) is 1. The Morgan fingerprint density at radius 2 is 1.95 bits per heavy atom. The number of fused-ring (bicyclic) bond motifs is 1. The maximum Gasteiger partial charge on any atom is 0.224 e. The highest BCUT2D eigenvalue weighted by molar-refractivity contribution is 7.20. The Morgan fingerprint density at radius 3 is 2.59 bits per heavy atom. The lowest BCUT2D eigenvalue weighted by Gasteiger charge is -2.35. The van der Waals surface area contributed by atoms with Gasteiger partial charge in [-0.1, -0.05) is 12.1 Å². The molecule has 0 radical (unpaired) electrons. The third-order valence-corrected chi connectivity index (χ3v) is 5.62. The fraction of sp³-hybridized carbons (Fsp3) is 0.438. The Balaban J connectivity index is 1.83. The Bertz CT molecular complexity index is 684. The van der Waals surface area contributed by atoms with Gasteiger partial charge in [0.1, 0.15) is 0 Å². The molecule has 0 bridgehead atoms. The third-order valence-electron chi connectivity index (χ3n) is 4.54. The van der Waals surface area contributed by atoms with Crippen molar-refractivity contribution < 1.29 is 9.59 Å². The predicted octanol–water partition coefficient (Wildman–Crippen LogP) is 2.24. The molecule has 22 heavy (non-hydrogen) atoms. The molecule has 1 aliphatic rings. The van der Waals surface area contributed by atoms with Crippen molar-refractivity contribution in [2.75, 3.05) is 0 Å². The molecule has 6 heteroatoms. The van der Waals surface area contributed by atoms with E-state index in [0.717, 1.165) is 23.1 Å². The van der Waals surface area contributed by atoms with Gasteiger partial charge < -0.3 is 11.5 Å². The number of benzene rings is 1. The van der Waals surface area contributed by atoms with E-state index in [2.05, 4.69) is 4.98 Å². The van der Waals surface area contributed by atoms with E-state index in [-0.39, 0.29) is 18.2 Å². The van der Waals surface area contributed by atoms with Crippen LogP contribution in [-0.2, 0) is 4.79 Å². The first kappa shape index (κ1) is 15.1. The van der Waals surface area contributed by atoms with Gasteiger partial charge in [0.15, 0.2) is 10.8 Å². The molecular weight excluding hydrogens is 298 g/mol. The zero-order chi connectivity index (χ0) is 15.7. The van der Waals surface area contributed by atoms with Gasteiger partial charge in [-0.25, -0.2) is 4.98 Å². The van der Waals surface area contributed by atoms with Crippen molar-refractivity contribution in [3.63, 3.8) is 0 Å². The SMILES string of the molecule is NC(=O)C1(CC(=O)c2nc3ccccc3s2)CCC(N)CC1. The molecule has 1 aromatic carbocycles. The Labute approximate surface area is 132 Å². The summed E-state index contributed by atoms with van der Waals surface area (Å²) in [5.74, 6) is -0.496. The number of amides is 1. The number of carbonyl (C=O) groups is 2. The van der Waals surface area contributed by atoms with Gasteiger partial charge in [-0.15, -0.1) is 11.3 Å². The van der Waals surface area contributed by atoms with Crippen molar-refractivity contribution in [1.82, 2.24) is 4.98 Å². The van der Waals surface area contributed by atoms with Gasteiger partial charge in [0.2, 0.25) is 5.91 Å². The number of para-hydroxylation sites is 1. The molecule has 116 valence electrons. The van der Waals surface area contributed by atoms with Crippen LogP contribution in [0.5, 0.6) is 0 Å². The molecule has 0 spiro atoms. The van der Waals surface area contributed by atoms with Crippen LogP contribution < -0.4 is 11.5 Å². The van der Waals surface area contributed by atoms with Crippen molar-refractivity contribution in [2.45, 2.75) is 38.1 Å². The molecule has 1 aromatic heterocycles. The smallest absolute Gasteiger partial charge is 0.224 e. The molecule has 1 aliphatic carbocycles. The van der Waals surface area contributed by atoms with Gasteiger partial charge in [0, 0.05) is 12.5 Å². The Morgan fingerprint density at radius 1 is 1.27 bits per heavy atom. The quantitative estimate of drug-likeness (QED) is 0.845. The van der Waals surface area contributed by atoms with E-state index in [1.54, 1.807) is 0 Å². The van der Waals surface area contributed by atoms with Gasteiger partial charge in [-0.2, -0.15) is 0 Å². The van der Waals surface area contributed by atoms with E-state index >= 15 is 0 Å². The molecule has 1 saturated carbocycles. The minimum absolute atomic E-state index is 0.101. The molecule has 0 atom stereocenters. The lowest BCUT2D eigenvalue weighted by molar-refractivity contribution is -0.129. The zero-order valence-corrected chi connectivity index (χ0v) is 13.1. The van der Waals surface area contributed by atoms with Crippen molar-refractivity contribution in [3.8, 4) is 0 Å². The normalized spacial score (nSPS) is 25.2. The first-order valence-electron chi connectivity index (χ1n) is 7.44. The lowest BCUT2D eigenvalue weighted by atomic mass is 9.69. The number of hydrogen-bond donors (Lipinski definition) is 2. The summed E-state index contributed by atoms with van der Waals surface area (Å²) in [6.07, 6.45) is 2.77. The second kappa shape index (κ2) is 5.78.